The first-order chi connectivity index (χ1) is 12.8. The monoisotopic (exact) mass is 428 g/mol. The van der Waals surface area contributed by atoms with E-state index in [2.05, 4.69) is 5.32 Å². The van der Waals surface area contributed by atoms with Crippen molar-refractivity contribution in [1.29, 1.82) is 0 Å². The van der Waals surface area contributed by atoms with Gasteiger partial charge in [-0.2, -0.15) is 0 Å². The lowest BCUT2D eigenvalue weighted by atomic mass is 10.2. The zero-order valence-corrected chi connectivity index (χ0v) is 17.5. The van der Waals surface area contributed by atoms with Crippen LogP contribution in [-0.2, 0) is 14.8 Å². The number of amides is 1. The largest absolute Gasteiger partial charge is 0.352 e. The minimum absolute atomic E-state index is 0.0514. The molecule has 0 spiro atoms. The van der Waals surface area contributed by atoms with Crippen molar-refractivity contribution in [2.45, 2.75) is 37.6 Å². The van der Waals surface area contributed by atoms with Crippen LogP contribution in [0.4, 0.5) is 5.69 Å². The minimum atomic E-state index is -3.99. The maximum absolute atomic E-state index is 13.2. The van der Waals surface area contributed by atoms with Crippen LogP contribution in [0.1, 0.15) is 26.7 Å². The molecule has 0 aliphatic carbocycles. The van der Waals surface area contributed by atoms with Crippen molar-refractivity contribution in [2.24, 2.45) is 0 Å². The number of sulfonamides is 1. The van der Waals surface area contributed by atoms with Crippen LogP contribution in [0.5, 0.6) is 0 Å². The van der Waals surface area contributed by atoms with Crippen molar-refractivity contribution in [1.82, 2.24) is 5.32 Å². The molecule has 0 fully saturated rings. The average Bonchev–Trinajstić information content (AvgIpc) is 2.61. The second-order valence-electron chi connectivity index (χ2n) is 6.18. The summed E-state index contributed by atoms with van der Waals surface area (Å²) in [5.74, 6) is -0.401. The van der Waals surface area contributed by atoms with Crippen molar-refractivity contribution < 1.29 is 13.2 Å². The molecule has 0 radical (unpaired) electrons. The van der Waals surface area contributed by atoms with Gasteiger partial charge in [0.25, 0.3) is 10.0 Å². The standard InChI is InChI=1S/C19H22Cl2N2O3S/c1-3-7-14(2)22-19(24)13-23(18-11-10-15(20)12-17(18)21)27(25,26)16-8-5-4-6-9-16/h4-6,8-12,14H,3,7,13H2,1-2H3,(H,22,24)/t14-/m1/s1. The molecule has 0 aliphatic rings. The Labute approximate surface area is 170 Å². The van der Waals surface area contributed by atoms with Gasteiger partial charge in [0.05, 0.1) is 15.6 Å². The molecule has 0 aromatic heterocycles. The fraction of sp³-hybridized carbons (Fsp3) is 0.316. The Balaban J connectivity index is 2.42. The van der Waals surface area contributed by atoms with Crippen molar-refractivity contribution in [3.63, 3.8) is 0 Å². The lowest BCUT2D eigenvalue weighted by Gasteiger charge is -2.26. The number of carbonyl (C=O) groups excluding carboxylic acids is 1. The van der Waals surface area contributed by atoms with E-state index in [1.807, 2.05) is 13.8 Å². The zero-order valence-electron chi connectivity index (χ0n) is 15.2. The van der Waals surface area contributed by atoms with Gasteiger partial charge in [-0.05, 0) is 43.7 Å². The predicted molar refractivity (Wildman–Crippen MR) is 110 cm³/mol. The quantitative estimate of drug-likeness (QED) is 0.672. The van der Waals surface area contributed by atoms with E-state index >= 15 is 0 Å². The highest BCUT2D eigenvalue weighted by molar-refractivity contribution is 7.92. The maximum atomic E-state index is 13.2. The molecule has 5 nitrogen and oxygen atoms in total. The first kappa shape index (κ1) is 21.5. The average molecular weight is 429 g/mol. The van der Waals surface area contributed by atoms with E-state index < -0.39 is 15.9 Å². The normalized spacial score (nSPS) is 12.4. The van der Waals surface area contributed by atoms with Gasteiger partial charge in [0.1, 0.15) is 6.54 Å². The van der Waals surface area contributed by atoms with Crippen LogP contribution in [-0.4, -0.2) is 26.9 Å². The van der Waals surface area contributed by atoms with Gasteiger partial charge in [-0.3, -0.25) is 9.10 Å². The molecule has 0 saturated heterocycles. The molecule has 0 saturated carbocycles. The summed E-state index contributed by atoms with van der Waals surface area (Å²) in [5, 5.41) is 3.35. The SMILES string of the molecule is CCC[C@@H](C)NC(=O)CN(c1ccc(Cl)cc1Cl)S(=O)(=O)c1ccccc1. The molecule has 0 aliphatic heterocycles. The first-order valence-corrected chi connectivity index (χ1v) is 10.8. The van der Waals surface area contributed by atoms with Crippen LogP contribution in [0.15, 0.2) is 53.4 Å². The van der Waals surface area contributed by atoms with E-state index in [-0.39, 0.29) is 28.2 Å². The summed E-state index contributed by atoms with van der Waals surface area (Å²) in [4.78, 5) is 12.6. The fourth-order valence-electron chi connectivity index (χ4n) is 2.66. The molecule has 1 atom stereocenters. The highest BCUT2D eigenvalue weighted by Gasteiger charge is 2.29. The zero-order chi connectivity index (χ0) is 20.0. The smallest absolute Gasteiger partial charge is 0.264 e. The summed E-state index contributed by atoms with van der Waals surface area (Å²) in [7, 11) is -3.99. The predicted octanol–water partition coefficient (Wildman–Crippen LogP) is 4.49. The van der Waals surface area contributed by atoms with E-state index in [4.69, 9.17) is 23.2 Å². The van der Waals surface area contributed by atoms with E-state index in [1.165, 1.54) is 30.3 Å². The molecular weight excluding hydrogens is 407 g/mol. The second-order valence-corrected chi connectivity index (χ2v) is 8.88. The van der Waals surface area contributed by atoms with Gasteiger partial charge >= 0.3 is 0 Å². The number of rotatable bonds is 8. The first-order valence-electron chi connectivity index (χ1n) is 8.58. The van der Waals surface area contributed by atoms with E-state index in [1.54, 1.807) is 18.2 Å². The van der Waals surface area contributed by atoms with Gasteiger partial charge in [0.2, 0.25) is 5.91 Å². The van der Waals surface area contributed by atoms with Crippen molar-refractivity contribution in [2.75, 3.05) is 10.8 Å². The molecule has 1 N–H and O–H groups in total. The lowest BCUT2D eigenvalue weighted by molar-refractivity contribution is -0.120. The molecule has 0 bridgehead atoms. The molecule has 0 heterocycles. The number of hydrogen-bond donors (Lipinski definition) is 1. The molecule has 2 aromatic rings. The Hall–Kier alpha value is -1.76. The Morgan fingerprint density at radius 2 is 1.81 bits per heavy atom. The molecule has 146 valence electrons. The maximum Gasteiger partial charge on any atom is 0.264 e. The van der Waals surface area contributed by atoms with Crippen LogP contribution in [0, 0.1) is 0 Å². The van der Waals surface area contributed by atoms with Gasteiger partial charge in [0, 0.05) is 11.1 Å². The number of carbonyl (C=O) groups is 1. The molecule has 2 aromatic carbocycles. The molecule has 1 amide bonds. The highest BCUT2D eigenvalue weighted by Crippen LogP contribution is 2.32. The number of anilines is 1. The Morgan fingerprint density at radius 1 is 1.15 bits per heavy atom. The van der Waals surface area contributed by atoms with Gasteiger partial charge in [0.15, 0.2) is 0 Å². The van der Waals surface area contributed by atoms with Crippen molar-refractivity contribution in [3.8, 4) is 0 Å². The van der Waals surface area contributed by atoms with Gasteiger partial charge in [-0.1, -0.05) is 54.7 Å². The van der Waals surface area contributed by atoms with Crippen molar-refractivity contribution in [3.05, 3.63) is 58.6 Å². The Kier molecular flexibility index (Phi) is 7.53. The van der Waals surface area contributed by atoms with Crippen LogP contribution in [0.3, 0.4) is 0 Å². The van der Waals surface area contributed by atoms with Gasteiger partial charge < -0.3 is 5.32 Å². The number of benzene rings is 2. The van der Waals surface area contributed by atoms with Crippen LogP contribution in [0.2, 0.25) is 10.0 Å². The summed E-state index contributed by atoms with van der Waals surface area (Å²) in [6, 6.07) is 12.3. The van der Waals surface area contributed by atoms with Crippen molar-refractivity contribution >= 4 is 44.8 Å². The third kappa shape index (κ3) is 5.61. The summed E-state index contributed by atoms with van der Waals surface area (Å²) in [5.41, 5.74) is 0.197. The topological polar surface area (TPSA) is 66.5 Å². The van der Waals surface area contributed by atoms with E-state index in [0.717, 1.165) is 17.1 Å². The highest BCUT2D eigenvalue weighted by atomic mass is 35.5. The van der Waals surface area contributed by atoms with Crippen LogP contribution < -0.4 is 9.62 Å². The van der Waals surface area contributed by atoms with Gasteiger partial charge in [-0.15, -0.1) is 0 Å². The van der Waals surface area contributed by atoms with E-state index in [9.17, 15) is 13.2 Å². The third-order valence-corrected chi connectivity index (χ3v) is 6.24. The molecule has 0 unspecified atom stereocenters. The molecule has 8 heteroatoms. The van der Waals surface area contributed by atoms with Crippen LogP contribution >= 0.6 is 23.2 Å². The van der Waals surface area contributed by atoms with Gasteiger partial charge in [-0.25, -0.2) is 8.42 Å². The fourth-order valence-corrected chi connectivity index (χ4v) is 4.68. The number of nitrogens with one attached hydrogen (secondary N) is 1. The second kappa shape index (κ2) is 9.44. The number of nitrogens with zero attached hydrogens (tertiary/aromatic N) is 1. The van der Waals surface area contributed by atoms with Crippen LogP contribution in [0.25, 0.3) is 0 Å². The molecule has 27 heavy (non-hydrogen) atoms. The Bertz CT molecular complexity index is 889. The third-order valence-electron chi connectivity index (χ3n) is 3.93. The number of halogens is 2. The lowest BCUT2D eigenvalue weighted by Crippen LogP contribution is -2.43. The Morgan fingerprint density at radius 3 is 2.41 bits per heavy atom. The summed E-state index contributed by atoms with van der Waals surface area (Å²) in [6.07, 6.45) is 1.72. The summed E-state index contributed by atoms with van der Waals surface area (Å²) < 4.78 is 27.4. The minimum Gasteiger partial charge on any atom is -0.352 e. The number of hydrogen-bond acceptors (Lipinski definition) is 3. The summed E-state index contributed by atoms with van der Waals surface area (Å²) in [6.45, 7) is 3.52. The molecular formula is C19H22Cl2N2O3S. The summed E-state index contributed by atoms with van der Waals surface area (Å²) >= 11 is 12.2. The molecule has 2 rings (SSSR count). The van der Waals surface area contributed by atoms with E-state index in [0.29, 0.717) is 5.02 Å².